The molecule has 0 spiro atoms. The van der Waals surface area contributed by atoms with Gasteiger partial charge in [0.2, 0.25) is 5.91 Å². The Morgan fingerprint density at radius 3 is 2.75 bits per heavy atom. The number of ether oxygens (including phenoxy) is 1. The average Bonchev–Trinajstić information content (AvgIpc) is 2.40. The second kappa shape index (κ2) is 7.87. The molecule has 5 nitrogen and oxygen atoms in total. The highest BCUT2D eigenvalue weighted by Crippen LogP contribution is 2.22. The van der Waals surface area contributed by atoms with E-state index >= 15 is 0 Å². The molecule has 0 aliphatic rings. The van der Waals surface area contributed by atoms with Crippen molar-refractivity contribution >= 4 is 17.3 Å². The van der Waals surface area contributed by atoms with Crippen LogP contribution in [0.3, 0.4) is 0 Å². The van der Waals surface area contributed by atoms with Gasteiger partial charge in [-0.05, 0) is 32.0 Å². The SMILES string of the molecule is CCN(CC(=O)Nc1c(C)cccc1N)C(C)COC. The number of nitrogens with zero attached hydrogens (tertiary/aromatic N) is 1. The zero-order valence-electron chi connectivity index (χ0n) is 12.8. The molecular formula is C15H25N3O2. The van der Waals surface area contributed by atoms with Gasteiger partial charge in [0.25, 0.3) is 0 Å². The van der Waals surface area contributed by atoms with Gasteiger partial charge >= 0.3 is 0 Å². The Labute approximate surface area is 121 Å². The first-order valence-electron chi connectivity index (χ1n) is 6.87. The number of hydrogen-bond donors (Lipinski definition) is 2. The van der Waals surface area contributed by atoms with Crippen LogP contribution < -0.4 is 11.1 Å². The molecule has 0 heterocycles. The predicted molar refractivity (Wildman–Crippen MR) is 82.8 cm³/mol. The van der Waals surface area contributed by atoms with Crippen LogP contribution in [-0.2, 0) is 9.53 Å². The third-order valence-corrected chi connectivity index (χ3v) is 3.35. The maximum Gasteiger partial charge on any atom is 0.238 e. The maximum atomic E-state index is 12.1. The third-order valence-electron chi connectivity index (χ3n) is 3.35. The first-order valence-corrected chi connectivity index (χ1v) is 6.87. The Balaban J connectivity index is 2.67. The molecule has 0 aromatic heterocycles. The van der Waals surface area contributed by atoms with Gasteiger partial charge in [-0.1, -0.05) is 19.1 Å². The highest BCUT2D eigenvalue weighted by atomic mass is 16.5. The van der Waals surface area contributed by atoms with E-state index in [1.165, 1.54) is 0 Å². The number of rotatable bonds is 7. The van der Waals surface area contributed by atoms with Gasteiger partial charge in [0.15, 0.2) is 0 Å². The molecule has 1 atom stereocenters. The molecule has 0 aliphatic carbocycles. The minimum Gasteiger partial charge on any atom is -0.397 e. The lowest BCUT2D eigenvalue weighted by Gasteiger charge is -2.26. The molecule has 112 valence electrons. The molecule has 1 amide bonds. The second-order valence-corrected chi connectivity index (χ2v) is 4.95. The first-order chi connectivity index (χ1) is 9.49. The molecule has 0 saturated carbocycles. The van der Waals surface area contributed by atoms with E-state index in [4.69, 9.17) is 10.5 Å². The fourth-order valence-electron chi connectivity index (χ4n) is 2.15. The number of nitrogen functional groups attached to an aromatic ring is 1. The molecule has 0 radical (unpaired) electrons. The summed E-state index contributed by atoms with van der Waals surface area (Å²) in [5.41, 5.74) is 8.15. The van der Waals surface area contributed by atoms with Gasteiger partial charge < -0.3 is 15.8 Å². The van der Waals surface area contributed by atoms with Crippen molar-refractivity contribution in [2.75, 3.05) is 37.9 Å². The van der Waals surface area contributed by atoms with Crippen LogP contribution >= 0.6 is 0 Å². The van der Waals surface area contributed by atoms with Crippen molar-refractivity contribution in [3.8, 4) is 0 Å². The van der Waals surface area contributed by atoms with Crippen molar-refractivity contribution in [1.29, 1.82) is 0 Å². The summed E-state index contributed by atoms with van der Waals surface area (Å²) in [6, 6.07) is 5.79. The van der Waals surface area contributed by atoms with Crippen LogP contribution in [0.25, 0.3) is 0 Å². The van der Waals surface area contributed by atoms with Gasteiger partial charge in [-0.3, -0.25) is 9.69 Å². The van der Waals surface area contributed by atoms with Crippen LogP contribution in [0.15, 0.2) is 18.2 Å². The number of methoxy groups -OCH3 is 1. The van der Waals surface area contributed by atoms with Crippen LogP contribution in [0.1, 0.15) is 19.4 Å². The van der Waals surface area contributed by atoms with E-state index in [1.54, 1.807) is 13.2 Å². The molecule has 1 unspecified atom stereocenters. The summed E-state index contributed by atoms with van der Waals surface area (Å²) in [4.78, 5) is 14.2. The van der Waals surface area contributed by atoms with Gasteiger partial charge in [-0.25, -0.2) is 0 Å². The summed E-state index contributed by atoms with van der Waals surface area (Å²) < 4.78 is 5.13. The Hall–Kier alpha value is -1.59. The Kier molecular flexibility index (Phi) is 6.48. The van der Waals surface area contributed by atoms with Crippen molar-refractivity contribution in [2.45, 2.75) is 26.8 Å². The quantitative estimate of drug-likeness (QED) is 0.748. The Morgan fingerprint density at radius 1 is 1.50 bits per heavy atom. The lowest BCUT2D eigenvalue weighted by molar-refractivity contribution is -0.118. The highest BCUT2D eigenvalue weighted by Gasteiger charge is 2.16. The van der Waals surface area contributed by atoms with Crippen LogP contribution in [0.4, 0.5) is 11.4 Å². The number of benzene rings is 1. The molecule has 1 rings (SSSR count). The lowest BCUT2D eigenvalue weighted by atomic mass is 10.1. The van der Waals surface area contributed by atoms with E-state index in [0.717, 1.165) is 12.1 Å². The number of likely N-dealkylation sites (N-methyl/N-ethyl adjacent to an activating group) is 1. The number of carbonyl (C=O) groups excluding carboxylic acids is 1. The number of aryl methyl sites for hydroxylation is 1. The fourth-order valence-corrected chi connectivity index (χ4v) is 2.15. The van der Waals surface area contributed by atoms with Crippen LogP contribution in [0.2, 0.25) is 0 Å². The summed E-state index contributed by atoms with van der Waals surface area (Å²) in [6.07, 6.45) is 0. The molecule has 1 aromatic carbocycles. The number of nitrogens with one attached hydrogen (secondary N) is 1. The number of para-hydroxylation sites is 1. The summed E-state index contributed by atoms with van der Waals surface area (Å²) in [5, 5.41) is 2.89. The molecule has 0 bridgehead atoms. The summed E-state index contributed by atoms with van der Waals surface area (Å²) in [7, 11) is 1.67. The normalized spacial score (nSPS) is 12.4. The van der Waals surface area contributed by atoms with E-state index in [2.05, 4.69) is 10.2 Å². The molecule has 0 aliphatic heterocycles. The monoisotopic (exact) mass is 279 g/mol. The van der Waals surface area contributed by atoms with Gasteiger partial charge in [0.05, 0.1) is 24.5 Å². The third kappa shape index (κ3) is 4.51. The summed E-state index contributed by atoms with van der Waals surface area (Å²) >= 11 is 0. The topological polar surface area (TPSA) is 67.6 Å². The van der Waals surface area contributed by atoms with Gasteiger partial charge in [-0.15, -0.1) is 0 Å². The maximum absolute atomic E-state index is 12.1. The van der Waals surface area contributed by atoms with Crippen molar-refractivity contribution in [2.24, 2.45) is 0 Å². The highest BCUT2D eigenvalue weighted by molar-refractivity contribution is 5.96. The predicted octanol–water partition coefficient (Wildman–Crippen LogP) is 1.87. The smallest absolute Gasteiger partial charge is 0.238 e. The van der Waals surface area contributed by atoms with E-state index in [-0.39, 0.29) is 11.9 Å². The number of nitrogens with two attached hydrogens (primary N) is 1. The zero-order chi connectivity index (χ0) is 15.1. The fraction of sp³-hybridized carbons (Fsp3) is 0.533. The number of anilines is 2. The first kappa shape index (κ1) is 16.5. The number of carbonyl (C=O) groups is 1. The van der Waals surface area contributed by atoms with Gasteiger partial charge in [0.1, 0.15) is 0 Å². The van der Waals surface area contributed by atoms with Crippen molar-refractivity contribution < 1.29 is 9.53 Å². The largest absolute Gasteiger partial charge is 0.397 e. The second-order valence-electron chi connectivity index (χ2n) is 4.95. The minimum atomic E-state index is -0.0594. The molecular weight excluding hydrogens is 254 g/mol. The van der Waals surface area contributed by atoms with Crippen molar-refractivity contribution in [3.63, 3.8) is 0 Å². The minimum absolute atomic E-state index is 0.0594. The number of hydrogen-bond acceptors (Lipinski definition) is 4. The number of amides is 1. The zero-order valence-corrected chi connectivity index (χ0v) is 12.8. The molecule has 3 N–H and O–H groups in total. The average molecular weight is 279 g/mol. The Morgan fingerprint density at radius 2 is 2.20 bits per heavy atom. The Bertz CT molecular complexity index is 428. The summed E-state index contributed by atoms with van der Waals surface area (Å²) in [5.74, 6) is -0.0594. The lowest BCUT2D eigenvalue weighted by Crippen LogP contribution is -2.41. The molecule has 5 heteroatoms. The van der Waals surface area contributed by atoms with E-state index in [1.807, 2.05) is 32.9 Å². The van der Waals surface area contributed by atoms with Crippen LogP contribution in [0, 0.1) is 6.92 Å². The summed E-state index contributed by atoms with van der Waals surface area (Å²) in [6.45, 7) is 7.73. The van der Waals surface area contributed by atoms with E-state index in [9.17, 15) is 4.79 Å². The van der Waals surface area contributed by atoms with E-state index < -0.39 is 0 Å². The van der Waals surface area contributed by atoms with Crippen LogP contribution in [0.5, 0.6) is 0 Å². The van der Waals surface area contributed by atoms with E-state index in [0.29, 0.717) is 24.5 Å². The van der Waals surface area contributed by atoms with Gasteiger partial charge in [0, 0.05) is 13.2 Å². The van der Waals surface area contributed by atoms with Gasteiger partial charge in [-0.2, -0.15) is 0 Å². The molecule has 20 heavy (non-hydrogen) atoms. The van der Waals surface area contributed by atoms with Crippen molar-refractivity contribution in [3.05, 3.63) is 23.8 Å². The van der Waals surface area contributed by atoms with Crippen molar-refractivity contribution in [1.82, 2.24) is 4.90 Å². The molecule has 1 aromatic rings. The standard InChI is InChI=1S/C15H25N3O2/c1-5-18(12(3)10-20-4)9-14(19)17-15-11(2)7-6-8-13(15)16/h6-8,12H,5,9-10,16H2,1-4H3,(H,17,19). The molecule has 0 fully saturated rings. The molecule has 0 saturated heterocycles. The van der Waals surface area contributed by atoms with Crippen LogP contribution in [-0.4, -0.2) is 43.7 Å².